The van der Waals surface area contributed by atoms with Gasteiger partial charge >= 0.3 is 0 Å². The molecule has 0 bridgehead atoms. The van der Waals surface area contributed by atoms with E-state index in [1.54, 1.807) is 24.3 Å². The quantitative estimate of drug-likeness (QED) is 0.485. The number of nitrogens with two attached hydrogens (primary N) is 1. The van der Waals surface area contributed by atoms with Crippen LogP contribution in [0.1, 0.15) is 5.56 Å². The monoisotopic (exact) mass is 164 g/mol. The van der Waals surface area contributed by atoms with Crippen molar-refractivity contribution in [1.29, 1.82) is 0 Å². The van der Waals surface area contributed by atoms with Gasteiger partial charge in [0.25, 0.3) is 0 Å². The van der Waals surface area contributed by atoms with Crippen LogP contribution in [0.25, 0.3) is 0 Å². The Hall–Kier alpha value is -1.39. The number of nitrogens with zero attached hydrogens (tertiary/aromatic N) is 1. The lowest BCUT2D eigenvalue weighted by Crippen LogP contribution is -2.42. The van der Waals surface area contributed by atoms with Crippen LogP contribution in [0.2, 0.25) is 0 Å². The second kappa shape index (κ2) is 2.06. The SMILES string of the molecule is NC1(O)C(O)=Nc2ccccc21. The summed E-state index contributed by atoms with van der Waals surface area (Å²) in [6, 6.07) is 6.79. The predicted molar refractivity (Wildman–Crippen MR) is 44.3 cm³/mol. The van der Waals surface area contributed by atoms with Gasteiger partial charge in [0.1, 0.15) is 0 Å². The largest absolute Gasteiger partial charge is 0.493 e. The van der Waals surface area contributed by atoms with Crippen LogP contribution in [-0.2, 0) is 5.72 Å². The summed E-state index contributed by atoms with van der Waals surface area (Å²) < 4.78 is 0. The zero-order chi connectivity index (χ0) is 8.77. The number of hydrogen-bond acceptors (Lipinski definition) is 3. The highest BCUT2D eigenvalue weighted by Gasteiger charge is 2.38. The Labute approximate surface area is 69.0 Å². The molecular weight excluding hydrogens is 156 g/mol. The second-order valence-electron chi connectivity index (χ2n) is 2.72. The van der Waals surface area contributed by atoms with Crippen molar-refractivity contribution in [3.63, 3.8) is 0 Å². The summed E-state index contributed by atoms with van der Waals surface area (Å²) in [5.41, 5.74) is 4.55. The van der Waals surface area contributed by atoms with Crippen LogP contribution in [0.15, 0.2) is 29.3 Å². The van der Waals surface area contributed by atoms with E-state index in [9.17, 15) is 5.11 Å². The fraction of sp³-hybridized carbons (Fsp3) is 0.125. The first-order valence-electron chi connectivity index (χ1n) is 3.51. The number of aliphatic hydroxyl groups is 2. The molecule has 4 heteroatoms. The Morgan fingerprint density at radius 2 is 2.00 bits per heavy atom. The number of benzene rings is 1. The van der Waals surface area contributed by atoms with E-state index in [1.165, 1.54) is 0 Å². The lowest BCUT2D eigenvalue weighted by atomic mass is 10.1. The average Bonchev–Trinajstić information content (AvgIpc) is 2.25. The lowest BCUT2D eigenvalue weighted by Gasteiger charge is -2.15. The van der Waals surface area contributed by atoms with E-state index < -0.39 is 11.6 Å². The van der Waals surface area contributed by atoms with Crippen molar-refractivity contribution >= 4 is 11.6 Å². The molecule has 2 rings (SSSR count). The molecule has 0 aliphatic carbocycles. The topological polar surface area (TPSA) is 78.8 Å². The minimum absolute atomic E-state index is 0.433. The summed E-state index contributed by atoms with van der Waals surface area (Å²) in [6.45, 7) is 0. The summed E-state index contributed by atoms with van der Waals surface area (Å²) in [6.07, 6.45) is 0. The van der Waals surface area contributed by atoms with Gasteiger partial charge in [-0.05, 0) is 6.07 Å². The molecule has 1 aromatic rings. The normalized spacial score (nSPS) is 26.7. The summed E-state index contributed by atoms with van der Waals surface area (Å²) >= 11 is 0. The Balaban J connectivity index is 2.66. The lowest BCUT2D eigenvalue weighted by molar-refractivity contribution is 0.103. The third-order valence-electron chi connectivity index (χ3n) is 1.88. The van der Waals surface area contributed by atoms with Gasteiger partial charge in [-0.2, -0.15) is 0 Å². The van der Waals surface area contributed by atoms with Crippen molar-refractivity contribution in [2.24, 2.45) is 10.7 Å². The van der Waals surface area contributed by atoms with Crippen molar-refractivity contribution in [3.05, 3.63) is 29.8 Å². The molecule has 1 aliphatic rings. The molecule has 0 spiro atoms. The number of aliphatic hydroxyl groups excluding tert-OH is 1. The van der Waals surface area contributed by atoms with Crippen LogP contribution < -0.4 is 5.73 Å². The molecule has 0 saturated heterocycles. The van der Waals surface area contributed by atoms with Gasteiger partial charge in [0.05, 0.1) is 5.69 Å². The van der Waals surface area contributed by atoms with Gasteiger partial charge in [-0.25, -0.2) is 4.99 Å². The fourth-order valence-electron chi connectivity index (χ4n) is 1.21. The summed E-state index contributed by atoms with van der Waals surface area (Å²) in [5, 5.41) is 18.7. The molecule has 4 nitrogen and oxygen atoms in total. The van der Waals surface area contributed by atoms with Gasteiger partial charge < -0.3 is 10.2 Å². The molecule has 0 saturated carbocycles. The van der Waals surface area contributed by atoms with E-state index in [2.05, 4.69) is 4.99 Å². The molecule has 1 unspecified atom stereocenters. The number of fused-ring (bicyclic) bond motifs is 1. The molecule has 0 amide bonds. The van der Waals surface area contributed by atoms with Gasteiger partial charge in [0.15, 0.2) is 0 Å². The standard InChI is InChI=1S/C8H8N2O2/c9-8(12)5-3-1-2-4-6(5)10-7(8)11/h1-4,12H,9H2,(H,10,11). The van der Waals surface area contributed by atoms with Crippen molar-refractivity contribution in [3.8, 4) is 0 Å². The van der Waals surface area contributed by atoms with Crippen LogP contribution in [0, 0.1) is 0 Å². The molecule has 0 aromatic heterocycles. The second-order valence-corrected chi connectivity index (χ2v) is 2.72. The third-order valence-corrected chi connectivity index (χ3v) is 1.88. The van der Waals surface area contributed by atoms with Crippen molar-refractivity contribution < 1.29 is 10.2 Å². The first-order chi connectivity index (χ1) is 5.62. The minimum atomic E-state index is -1.81. The van der Waals surface area contributed by atoms with E-state index in [4.69, 9.17) is 10.8 Å². The van der Waals surface area contributed by atoms with Crippen LogP contribution >= 0.6 is 0 Å². The zero-order valence-electron chi connectivity index (χ0n) is 6.23. The summed E-state index contributed by atoms with van der Waals surface area (Å²) in [4.78, 5) is 3.70. The van der Waals surface area contributed by atoms with E-state index in [0.29, 0.717) is 11.3 Å². The van der Waals surface area contributed by atoms with Gasteiger partial charge in [-0.1, -0.05) is 18.2 Å². The summed E-state index contributed by atoms with van der Waals surface area (Å²) in [5.74, 6) is -0.455. The molecule has 1 atom stereocenters. The molecule has 62 valence electrons. The van der Waals surface area contributed by atoms with Gasteiger partial charge in [0, 0.05) is 5.56 Å². The van der Waals surface area contributed by atoms with E-state index in [0.717, 1.165) is 0 Å². The Morgan fingerprint density at radius 3 is 2.67 bits per heavy atom. The number of para-hydroxylation sites is 1. The highest BCUT2D eigenvalue weighted by molar-refractivity contribution is 5.92. The average molecular weight is 164 g/mol. The first-order valence-corrected chi connectivity index (χ1v) is 3.51. The number of rotatable bonds is 0. The van der Waals surface area contributed by atoms with Crippen molar-refractivity contribution in [2.75, 3.05) is 0 Å². The molecule has 12 heavy (non-hydrogen) atoms. The maximum absolute atomic E-state index is 9.51. The first kappa shape index (κ1) is 7.27. The molecule has 4 N–H and O–H groups in total. The highest BCUT2D eigenvalue weighted by Crippen LogP contribution is 2.33. The Kier molecular flexibility index (Phi) is 1.25. The van der Waals surface area contributed by atoms with Gasteiger partial charge in [-0.3, -0.25) is 5.73 Å². The predicted octanol–water partition coefficient (Wildman–Crippen LogP) is 0.392. The zero-order valence-corrected chi connectivity index (χ0v) is 6.23. The molecule has 0 radical (unpaired) electrons. The molecule has 1 heterocycles. The van der Waals surface area contributed by atoms with Crippen molar-refractivity contribution in [2.45, 2.75) is 5.72 Å². The smallest absolute Gasteiger partial charge is 0.239 e. The van der Waals surface area contributed by atoms with Gasteiger partial charge in [-0.15, -0.1) is 0 Å². The van der Waals surface area contributed by atoms with Gasteiger partial charge in [0.2, 0.25) is 11.6 Å². The van der Waals surface area contributed by atoms with E-state index >= 15 is 0 Å². The van der Waals surface area contributed by atoms with Crippen LogP contribution in [0.4, 0.5) is 5.69 Å². The Bertz CT molecular complexity index is 358. The molecule has 0 fully saturated rings. The fourth-order valence-corrected chi connectivity index (χ4v) is 1.21. The minimum Gasteiger partial charge on any atom is -0.493 e. The van der Waals surface area contributed by atoms with Crippen LogP contribution in [-0.4, -0.2) is 16.1 Å². The Morgan fingerprint density at radius 1 is 1.33 bits per heavy atom. The maximum atomic E-state index is 9.51. The highest BCUT2D eigenvalue weighted by atomic mass is 16.4. The molecule has 1 aliphatic heterocycles. The molecular formula is C8H8N2O2. The van der Waals surface area contributed by atoms with Crippen molar-refractivity contribution in [1.82, 2.24) is 0 Å². The van der Waals surface area contributed by atoms with E-state index in [1.807, 2.05) is 0 Å². The number of hydrogen-bond donors (Lipinski definition) is 3. The van der Waals surface area contributed by atoms with Crippen LogP contribution in [0.5, 0.6) is 0 Å². The van der Waals surface area contributed by atoms with Crippen LogP contribution in [0.3, 0.4) is 0 Å². The molecule has 1 aromatic carbocycles. The number of aliphatic imine (C=N–C) groups is 1. The maximum Gasteiger partial charge on any atom is 0.239 e. The van der Waals surface area contributed by atoms with E-state index in [-0.39, 0.29) is 0 Å². The third kappa shape index (κ3) is 0.760. The summed E-state index contributed by atoms with van der Waals surface area (Å²) in [7, 11) is 0.